The van der Waals surface area contributed by atoms with E-state index in [1.807, 2.05) is 11.4 Å². The van der Waals surface area contributed by atoms with Crippen molar-refractivity contribution in [2.24, 2.45) is 4.99 Å². The first-order valence-electron chi connectivity index (χ1n) is 7.40. The molecule has 0 N–H and O–H groups in total. The van der Waals surface area contributed by atoms with Gasteiger partial charge in [-0.3, -0.25) is 4.99 Å². The van der Waals surface area contributed by atoms with Crippen molar-refractivity contribution in [3.8, 4) is 0 Å². The zero-order chi connectivity index (χ0) is 18.1. The van der Waals surface area contributed by atoms with E-state index in [0.29, 0.717) is 0 Å². The predicted molar refractivity (Wildman–Crippen MR) is 97.1 cm³/mol. The Bertz CT molecular complexity index is 855. The maximum atomic E-state index is 12.9. The molecule has 6 nitrogen and oxygen atoms in total. The maximum Gasteiger partial charge on any atom is 0.417 e. The van der Waals surface area contributed by atoms with Gasteiger partial charge >= 0.3 is 6.09 Å². The first kappa shape index (κ1) is 17.9. The molecule has 132 valence electrons. The van der Waals surface area contributed by atoms with Crippen LogP contribution in [0.4, 0.5) is 4.79 Å². The quantitative estimate of drug-likeness (QED) is 0.633. The Morgan fingerprint density at radius 1 is 1.42 bits per heavy atom. The van der Waals surface area contributed by atoms with E-state index in [2.05, 4.69) is 20.9 Å². The number of aliphatic imine (C=N–C) groups is 1. The number of carbonyl (C=O) groups is 1. The van der Waals surface area contributed by atoms with Gasteiger partial charge in [0.15, 0.2) is 15.7 Å². The van der Waals surface area contributed by atoms with Crippen LogP contribution in [0.5, 0.6) is 0 Å². The minimum absolute atomic E-state index is 0.147. The molecule has 9 heteroatoms. The van der Waals surface area contributed by atoms with Crippen molar-refractivity contribution >= 4 is 49.0 Å². The lowest BCUT2D eigenvalue weighted by atomic mass is 10.0. The number of nitrogens with zero attached hydrogens (tertiary/aromatic N) is 2. The van der Waals surface area contributed by atoms with E-state index in [1.165, 1.54) is 18.3 Å². The highest BCUT2D eigenvalue weighted by Crippen LogP contribution is 2.51. The zero-order valence-corrected chi connectivity index (χ0v) is 17.3. The number of amidine groups is 1. The van der Waals surface area contributed by atoms with E-state index in [1.54, 1.807) is 27.7 Å². The summed E-state index contributed by atoms with van der Waals surface area (Å²) in [5.74, 6) is 0.113. The van der Waals surface area contributed by atoms with Crippen LogP contribution in [0.25, 0.3) is 0 Å². The SMILES string of the molecule is CC(C)(C)OC(=O)N1C2=NC(C)(c3cc(Br)cs3)CS(=O)(=O)C21C. The van der Waals surface area contributed by atoms with Crippen LogP contribution < -0.4 is 0 Å². The molecule has 3 rings (SSSR count). The molecule has 2 atom stereocenters. The van der Waals surface area contributed by atoms with Crippen LogP contribution in [0.1, 0.15) is 39.5 Å². The number of hydrogen-bond acceptors (Lipinski definition) is 6. The molecule has 3 heterocycles. The van der Waals surface area contributed by atoms with E-state index in [9.17, 15) is 13.2 Å². The summed E-state index contributed by atoms with van der Waals surface area (Å²) in [7, 11) is -3.60. The highest BCUT2D eigenvalue weighted by molar-refractivity contribution is 9.10. The van der Waals surface area contributed by atoms with Gasteiger partial charge in [-0.25, -0.2) is 18.1 Å². The van der Waals surface area contributed by atoms with Crippen LogP contribution in [-0.4, -0.2) is 41.5 Å². The lowest BCUT2D eigenvalue weighted by molar-refractivity contribution is 0.0423. The molecule has 0 aromatic carbocycles. The zero-order valence-electron chi connectivity index (χ0n) is 14.1. The van der Waals surface area contributed by atoms with Gasteiger partial charge < -0.3 is 4.74 Å². The summed E-state index contributed by atoms with van der Waals surface area (Å²) in [4.78, 5) is 17.6. The average Bonchev–Trinajstić information content (AvgIpc) is 2.75. The molecule has 2 aliphatic rings. The van der Waals surface area contributed by atoms with E-state index < -0.39 is 31.9 Å². The number of ether oxygens (including phenoxy) is 1. The fraction of sp³-hybridized carbons (Fsp3) is 0.600. The standard InChI is InChI=1S/C15H19BrN2O4S2/c1-13(2,3)22-12(19)18-11-15(18,5)24(20,21)8-14(4,17-11)10-6-9(16)7-23-10/h6-7H,8H2,1-5H3. The van der Waals surface area contributed by atoms with Crippen LogP contribution in [-0.2, 0) is 20.1 Å². The van der Waals surface area contributed by atoms with Gasteiger partial charge in [0.25, 0.3) is 0 Å². The van der Waals surface area contributed by atoms with Gasteiger partial charge in [-0.2, -0.15) is 0 Å². The summed E-state index contributed by atoms with van der Waals surface area (Å²) in [5.41, 5.74) is -1.60. The van der Waals surface area contributed by atoms with Crippen molar-refractivity contribution in [1.82, 2.24) is 4.90 Å². The van der Waals surface area contributed by atoms with Gasteiger partial charge in [0.2, 0.25) is 4.87 Å². The van der Waals surface area contributed by atoms with Crippen LogP contribution in [0.3, 0.4) is 0 Å². The average molecular weight is 435 g/mol. The fourth-order valence-corrected chi connectivity index (χ4v) is 6.48. The van der Waals surface area contributed by atoms with Gasteiger partial charge in [-0.05, 0) is 56.6 Å². The number of rotatable bonds is 1. The number of halogens is 1. The predicted octanol–water partition coefficient (Wildman–Crippen LogP) is 3.52. The Labute approximate surface area is 153 Å². The lowest BCUT2D eigenvalue weighted by Gasteiger charge is -2.27. The van der Waals surface area contributed by atoms with Gasteiger partial charge in [0.1, 0.15) is 11.1 Å². The second-order valence-corrected chi connectivity index (χ2v) is 11.5. The van der Waals surface area contributed by atoms with E-state index in [4.69, 9.17) is 4.74 Å². The van der Waals surface area contributed by atoms with Crippen LogP contribution >= 0.6 is 27.3 Å². The number of sulfone groups is 1. The second-order valence-electron chi connectivity index (χ2n) is 7.40. The second kappa shape index (κ2) is 5.04. The molecular weight excluding hydrogens is 416 g/mol. The number of amides is 1. The monoisotopic (exact) mass is 434 g/mol. The van der Waals surface area contributed by atoms with Crippen LogP contribution in [0, 0.1) is 0 Å². The van der Waals surface area contributed by atoms with Crippen molar-refractivity contribution in [2.45, 2.75) is 50.6 Å². The number of carbonyl (C=O) groups excluding carboxylic acids is 1. The lowest BCUT2D eigenvalue weighted by Crippen LogP contribution is -2.41. The third kappa shape index (κ3) is 2.61. The Morgan fingerprint density at radius 2 is 2.04 bits per heavy atom. The molecule has 0 saturated carbocycles. The normalized spacial score (nSPS) is 31.2. The molecule has 24 heavy (non-hydrogen) atoms. The van der Waals surface area contributed by atoms with Crippen LogP contribution in [0.15, 0.2) is 20.9 Å². The molecule has 2 unspecified atom stereocenters. The molecule has 1 aromatic rings. The highest BCUT2D eigenvalue weighted by atomic mass is 79.9. The topological polar surface area (TPSA) is 75.8 Å². The maximum absolute atomic E-state index is 12.9. The summed E-state index contributed by atoms with van der Waals surface area (Å²) >= 11 is 4.83. The Hall–Kier alpha value is -0.930. The summed E-state index contributed by atoms with van der Waals surface area (Å²) < 4.78 is 32.0. The molecule has 1 aromatic heterocycles. The van der Waals surface area contributed by atoms with Crippen LogP contribution in [0.2, 0.25) is 0 Å². The van der Waals surface area contributed by atoms with E-state index >= 15 is 0 Å². The first-order valence-corrected chi connectivity index (χ1v) is 10.7. The Kier molecular flexibility index (Phi) is 3.76. The molecule has 0 aliphatic carbocycles. The molecule has 1 fully saturated rings. The largest absolute Gasteiger partial charge is 0.443 e. The van der Waals surface area contributed by atoms with Crippen molar-refractivity contribution in [3.63, 3.8) is 0 Å². The summed E-state index contributed by atoms with van der Waals surface area (Å²) in [6, 6.07) is 1.87. The summed E-state index contributed by atoms with van der Waals surface area (Å²) in [5, 5.41) is 1.89. The highest BCUT2D eigenvalue weighted by Gasteiger charge is 2.73. The molecule has 1 amide bonds. The molecule has 0 spiro atoms. The van der Waals surface area contributed by atoms with Gasteiger partial charge in [0, 0.05) is 14.7 Å². The fourth-order valence-electron chi connectivity index (χ4n) is 2.80. The number of thiophene rings is 1. The van der Waals surface area contributed by atoms with Crippen molar-refractivity contribution in [2.75, 3.05) is 5.75 Å². The van der Waals surface area contributed by atoms with Gasteiger partial charge in [0.05, 0.1) is 5.75 Å². The number of fused-ring (bicyclic) bond motifs is 1. The minimum Gasteiger partial charge on any atom is -0.443 e. The summed E-state index contributed by atoms with van der Waals surface area (Å²) in [6.45, 7) is 8.51. The Morgan fingerprint density at radius 3 is 2.54 bits per heavy atom. The molecule has 1 saturated heterocycles. The number of hydrogen-bond donors (Lipinski definition) is 0. The van der Waals surface area contributed by atoms with E-state index in [0.717, 1.165) is 14.2 Å². The molecule has 2 aliphatic heterocycles. The summed E-state index contributed by atoms with van der Waals surface area (Å²) in [6.07, 6.45) is -0.677. The van der Waals surface area contributed by atoms with Gasteiger partial charge in [-0.15, -0.1) is 11.3 Å². The smallest absolute Gasteiger partial charge is 0.417 e. The van der Waals surface area contributed by atoms with Gasteiger partial charge in [-0.1, -0.05) is 0 Å². The molecular formula is C15H19BrN2O4S2. The first-order chi connectivity index (χ1) is 10.8. The van der Waals surface area contributed by atoms with E-state index in [-0.39, 0.29) is 11.6 Å². The molecule has 0 bridgehead atoms. The minimum atomic E-state index is -3.60. The van der Waals surface area contributed by atoms with Crippen molar-refractivity contribution in [1.29, 1.82) is 0 Å². The third-order valence-corrected chi connectivity index (χ3v) is 8.57. The molecule has 0 radical (unpaired) electrons. The van der Waals surface area contributed by atoms with Crippen molar-refractivity contribution < 1.29 is 17.9 Å². The van der Waals surface area contributed by atoms with Crippen molar-refractivity contribution in [3.05, 3.63) is 20.8 Å². The third-order valence-electron chi connectivity index (χ3n) is 4.11. The Balaban J connectivity index is 2.03.